The lowest BCUT2D eigenvalue weighted by Crippen LogP contribution is -2.26. The number of halogens is 1. The Kier molecular flexibility index (Phi) is 5.57. The Bertz CT molecular complexity index is 386. The topological polar surface area (TPSA) is 29.9 Å². The molecule has 1 saturated heterocycles. The average molecular weight is 332 g/mol. The fraction of sp³-hybridized carbons (Fsp3) is 0.769. The molecule has 1 aliphatic heterocycles. The molecule has 0 aliphatic carbocycles. The highest BCUT2D eigenvalue weighted by atomic mass is 79.9. The second-order valence-electron chi connectivity index (χ2n) is 4.87. The number of thioether (sulfide) groups is 1. The van der Waals surface area contributed by atoms with Gasteiger partial charge in [-0.15, -0.1) is 0 Å². The van der Waals surface area contributed by atoms with Gasteiger partial charge in [-0.05, 0) is 59.2 Å². The number of aromatic nitrogens is 2. The van der Waals surface area contributed by atoms with Gasteiger partial charge in [0.05, 0.1) is 15.9 Å². The van der Waals surface area contributed by atoms with Crippen LogP contribution in [0.3, 0.4) is 0 Å². The van der Waals surface area contributed by atoms with Crippen LogP contribution in [0.4, 0.5) is 0 Å². The van der Waals surface area contributed by atoms with Crippen molar-refractivity contribution in [1.29, 1.82) is 0 Å². The van der Waals surface area contributed by atoms with Crippen LogP contribution in [-0.2, 0) is 20.0 Å². The predicted octanol–water partition coefficient (Wildman–Crippen LogP) is 2.98. The zero-order chi connectivity index (χ0) is 13.0. The van der Waals surface area contributed by atoms with E-state index in [0.717, 1.165) is 31.1 Å². The van der Waals surface area contributed by atoms with Gasteiger partial charge in [0, 0.05) is 13.6 Å². The normalized spacial score (nSPS) is 17.3. The lowest BCUT2D eigenvalue weighted by molar-refractivity contribution is 0.442. The Balaban J connectivity index is 1.84. The average Bonchev–Trinajstić information content (AvgIpc) is 2.67. The van der Waals surface area contributed by atoms with Crippen LogP contribution in [0.2, 0.25) is 0 Å². The summed E-state index contributed by atoms with van der Waals surface area (Å²) < 4.78 is 3.17. The number of nitrogens with zero attached hydrogens (tertiary/aromatic N) is 2. The van der Waals surface area contributed by atoms with E-state index in [-0.39, 0.29) is 0 Å². The molecule has 1 aliphatic rings. The number of hydrogen-bond acceptors (Lipinski definition) is 3. The third-order valence-corrected chi connectivity index (χ3v) is 5.53. The van der Waals surface area contributed by atoms with Crippen LogP contribution in [-0.4, -0.2) is 27.8 Å². The van der Waals surface area contributed by atoms with Crippen LogP contribution in [0.5, 0.6) is 0 Å². The van der Waals surface area contributed by atoms with Crippen molar-refractivity contribution in [3.8, 4) is 0 Å². The van der Waals surface area contributed by atoms with Gasteiger partial charge in [-0.25, -0.2) is 0 Å². The molecule has 0 aromatic carbocycles. The van der Waals surface area contributed by atoms with E-state index in [9.17, 15) is 0 Å². The highest BCUT2D eigenvalue weighted by Crippen LogP contribution is 2.23. The van der Waals surface area contributed by atoms with E-state index < -0.39 is 0 Å². The van der Waals surface area contributed by atoms with Crippen LogP contribution in [0.1, 0.15) is 31.2 Å². The summed E-state index contributed by atoms with van der Waals surface area (Å²) in [6.07, 6.45) is 3.71. The van der Waals surface area contributed by atoms with Crippen LogP contribution in [0.25, 0.3) is 0 Å². The van der Waals surface area contributed by atoms with Crippen molar-refractivity contribution in [2.24, 2.45) is 13.0 Å². The van der Waals surface area contributed by atoms with E-state index in [1.165, 1.54) is 34.5 Å². The van der Waals surface area contributed by atoms with Crippen molar-refractivity contribution >= 4 is 27.7 Å². The summed E-state index contributed by atoms with van der Waals surface area (Å²) in [5.41, 5.74) is 2.42. The Morgan fingerprint density at radius 1 is 1.44 bits per heavy atom. The Hall–Kier alpha value is -0.000000000000000111. The van der Waals surface area contributed by atoms with Gasteiger partial charge in [0.15, 0.2) is 0 Å². The van der Waals surface area contributed by atoms with Gasteiger partial charge < -0.3 is 5.32 Å². The van der Waals surface area contributed by atoms with Crippen molar-refractivity contribution < 1.29 is 0 Å². The molecule has 5 heteroatoms. The lowest BCUT2D eigenvalue weighted by atomic mass is 10.0. The van der Waals surface area contributed by atoms with Gasteiger partial charge in [-0.1, -0.05) is 6.92 Å². The second-order valence-corrected chi connectivity index (χ2v) is 6.89. The van der Waals surface area contributed by atoms with Gasteiger partial charge in [-0.2, -0.15) is 16.9 Å². The maximum Gasteiger partial charge on any atom is 0.0767 e. The number of aryl methyl sites for hydroxylation is 2. The molecule has 0 unspecified atom stereocenters. The minimum Gasteiger partial charge on any atom is -0.311 e. The summed E-state index contributed by atoms with van der Waals surface area (Å²) >= 11 is 5.75. The first-order valence-electron chi connectivity index (χ1n) is 6.71. The molecule has 0 atom stereocenters. The summed E-state index contributed by atoms with van der Waals surface area (Å²) in [6, 6.07) is 0. The minimum atomic E-state index is 0.865. The van der Waals surface area contributed by atoms with Gasteiger partial charge in [0.25, 0.3) is 0 Å². The molecule has 1 aromatic heterocycles. The largest absolute Gasteiger partial charge is 0.311 e. The van der Waals surface area contributed by atoms with Crippen molar-refractivity contribution in [3.05, 3.63) is 15.9 Å². The third kappa shape index (κ3) is 3.52. The third-order valence-electron chi connectivity index (χ3n) is 3.57. The summed E-state index contributed by atoms with van der Waals surface area (Å²) in [4.78, 5) is 0. The number of nitrogens with one attached hydrogen (secondary N) is 1. The second kappa shape index (κ2) is 6.96. The Labute approximate surface area is 122 Å². The zero-order valence-corrected chi connectivity index (χ0v) is 13.6. The van der Waals surface area contributed by atoms with E-state index in [1.54, 1.807) is 0 Å². The van der Waals surface area contributed by atoms with Gasteiger partial charge in [0.1, 0.15) is 0 Å². The first-order chi connectivity index (χ1) is 8.72. The molecule has 0 radical (unpaired) electrons. The molecule has 1 aromatic rings. The first-order valence-corrected chi connectivity index (χ1v) is 8.65. The SMILES string of the molecule is CCc1nn(C)c(CNCC2CCSCC2)c1Br. The standard InChI is InChI=1S/C13H22BrN3S/c1-3-11-13(14)12(17(2)16-11)9-15-8-10-4-6-18-7-5-10/h10,15H,3-9H2,1-2H3. The van der Waals surface area contributed by atoms with Crippen LogP contribution in [0, 0.1) is 5.92 Å². The molecule has 0 spiro atoms. The molecular formula is C13H22BrN3S. The molecule has 1 N–H and O–H groups in total. The van der Waals surface area contributed by atoms with Crippen LogP contribution < -0.4 is 5.32 Å². The number of rotatable bonds is 5. The van der Waals surface area contributed by atoms with E-state index in [1.807, 2.05) is 11.7 Å². The number of hydrogen-bond donors (Lipinski definition) is 1. The molecule has 0 amide bonds. The minimum absolute atomic E-state index is 0.865. The molecule has 2 rings (SSSR count). The summed E-state index contributed by atoms with van der Waals surface area (Å²) in [5, 5.41) is 8.11. The Morgan fingerprint density at radius 2 is 2.17 bits per heavy atom. The van der Waals surface area contributed by atoms with Crippen LogP contribution >= 0.6 is 27.7 Å². The van der Waals surface area contributed by atoms with Crippen LogP contribution in [0.15, 0.2) is 4.47 Å². The maximum absolute atomic E-state index is 4.52. The first kappa shape index (κ1) is 14.4. The van der Waals surface area contributed by atoms with Crippen molar-refractivity contribution in [2.75, 3.05) is 18.1 Å². The molecule has 102 valence electrons. The quantitative estimate of drug-likeness (QED) is 0.899. The van der Waals surface area contributed by atoms with Gasteiger partial charge >= 0.3 is 0 Å². The van der Waals surface area contributed by atoms with Crippen molar-refractivity contribution in [3.63, 3.8) is 0 Å². The van der Waals surface area contributed by atoms with E-state index in [0.29, 0.717) is 0 Å². The van der Waals surface area contributed by atoms with Gasteiger partial charge in [-0.3, -0.25) is 4.68 Å². The zero-order valence-electron chi connectivity index (χ0n) is 11.2. The summed E-state index contributed by atoms with van der Waals surface area (Å²) in [5.74, 6) is 3.53. The van der Waals surface area contributed by atoms with E-state index >= 15 is 0 Å². The summed E-state index contributed by atoms with van der Waals surface area (Å²) in [7, 11) is 2.03. The van der Waals surface area contributed by atoms with Crippen molar-refractivity contribution in [2.45, 2.75) is 32.7 Å². The molecule has 18 heavy (non-hydrogen) atoms. The van der Waals surface area contributed by atoms with Crippen molar-refractivity contribution in [1.82, 2.24) is 15.1 Å². The molecular weight excluding hydrogens is 310 g/mol. The fourth-order valence-corrected chi connectivity index (χ4v) is 4.32. The Morgan fingerprint density at radius 3 is 2.78 bits per heavy atom. The highest BCUT2D eigenvalue weighted by Gasteiger charge is 2.15. The van der Waals surface area contributed by atoms with E-state index in [2.05, 4.69) is 45.0 Å². The maximum atomic E-state index is 4.52. The fourth-order valence-electron chi connectivity index (χ4n) is 2.36. The van der Waals surface area contributed by atoms with Gasteiger partial charge in [0.2, 0.25) is 0 Å². The molecule has 1 fully saturated rings. The molecule has 0 saturated carbocycles. The highest BCUT2D eigenvalue weighted by molar-refractivity contribution is 9.10. The molecule has 0 bridgehead atoms. The molecule has 2 heterocycles. The summed E-state index contributed by atoms with van der Waals surface area (Å²) in [6.45, 7) is 4.19. The lowest BCUT2D eigenvalue weighted by Gasteiger charge is -2.21. The smallest absolute Gasteiger partial charge is 0.0767 e. The predicted molar refractivity (Wildman–Crippen MR) is 82.0 cm³/mol. The monoisotopic (exact) mass is 331 g/mol. The van der Waals surface area contributed by atoms with E-state index in [4.69, 9.17) is 0 Å². The molecule has 3 nitrogen and oxygen atoms in total.